The fourth-order valence-electron chi connectivity index (χ4n) is 3.36. The van der Waals surface area contributed by atoms with E-state index in [1.54, 1.807) is 20.8 Å². The van der Waals surface area contributed by atoms with Crippen LogP contribution in [0.4, 0.5) is 9.59 Å². The molecular weight excluding hydrogens is 314 g/mol. The number of carbonyl (C=O) groups is 3. The molecule has 1 unspecified atom stereocenters. The quantitative estimate of drug-likeness (QED) is 0.611. The molecule has 0 bridgehead atoms. The first kappa shape index (κ1) is 18.7. The summed E-state index contributed by atoms with van der Waals surface area (Å²) >= 11 is 0. The number of ether oxygens (including phenoxy) is 2. The van der Waals surface area contributed by atoms with Gasteiger partial charge in [-0.25, -0.2) is 0 Å². The smallest absolute Gasteiger partial charge is 0.456 e. The van der Waals surface area contributed by atoms with E-state index in [2.05, 4.69) is 0 Å². The Morgan fingerprint density at radius 3 is 2.21 bits per heavy atom. The van der Waals surface area contributed by atoms with Gasteiger partial charge in [0.2, 0.25) is 0 Å². The second-order valence-electron chi connectivity index (χ2n) is 7.82. The molecular formula is C17H28NO6+. The van der Waals surface area contributed by atoms with Crippen molar-refractivity contribution < 1.29 is 33.4 Å². The number of esters is 1. The van der Waals surface area contributed by atoms with Crippen LogP contribution in [0.15, 0.2) is 0 Å². The van der Waals surface area contributed by atoms with E-state index in [4.69, 9.17) is 9.47 Å². The summed E-state index contributed by atoms with van der Waals surface area (Å²) < 4.78 is 9.95. The Kier molecular flexibility index (Phi) is 5.52. The van der Waals surface area contributed by atoms with Gasteiger partial charge in [0.05, 0.1) is 5.92 Å². The van der Waals surface area contributed by atoms with E-state index in [0.717, 1.165) is 32.1 Å². The van der Waals surface area contributed by atoms with E-state index < -0.39 is 28.4 Å². The molecule has 0 radical (unpaired) electrons. The zero-order valence-corrected chi connectivity index (χ0v) is 14.7. The minimum Gasteiger partial charge on any atom is -0.456 e. The summed E-state index contributed by atoms with van der Waals surface area (Å²) in [5.41, 5.74) is -0.769. The van der Waals surface area contributed by atoms with Crippen LogP contribution in [0.5, 0.6) is 0 Å². The van der Waals surface area contributed by atoms with Crippen molar-refractivity contribution in [1.29, 1.82) is 0 Å². The van der Waals surface area contributed by atoms with Gasteiger partial charge in [0, 0.05) is 6.42 Å². The minimum absolute atomic E-state index is 0.0668. The number of imide groups is 1. The van der Waals surface area contributed by atoms with Crippen LogP contribution in [-0.4, -0.2) is 52.5 Å². The maximum atomic E-state index is 12.4. The van der Waals surface area contributed by atoms with Crippen molar-refractivity contribution in [3.8, 4) is 0 Å². The van der Waals surface area contributed by atoms with E-state index in [1.165, 1.54) is 0 Å². The molecule has 0 aromatic rings. The number of rotatable bonds is 2. The highest BCUT2D eigenvalue weighted by molar-refractivity contribution is 5.76. The molecule has 1 aliphatic heterocycles. The maximum absolute atomic E-state index is 12.4. The Morgan fingerprint density at radius 1 is 1.04 bits per heavy atom. The molecule has 0 aromatic heterocycles. The molecule has 136 valence electrons. The third kappa shape index (κ3) is 4.26. The molecule has 1 N–H and O–H groups in total. The van der Waals surface area contributed by atoms with Gasteiger partial charge in [-0.3, -0.25) is 4.79 Å². The van der Waals surface area contributed by atoms with Gasteiger partial charge < -0.3 is 14.6 Å². The van der Waals surface area contributed by atoms with Gasteiger partial charge >= 0.3 is 18.2 Å². The molecule has 1 aliphatic carbocycles. The molecule has 0 aromatic carbocycles. The zero-order valence-electron chi connectivity index (χ0n) is 14.7. The molecule has 2 atom stereocenters. The number of likely N-dealkylation sites (tertiary alicyclic amines) is 1. The average molecular weight is 342 g/mol. The van der Waals surface area contributed by atoms with Gasteiger partial charge in [-0.2, -0.15) is 9.59 Å². The van der Waals surface area contributed by atoms with Crippen molar-refractivity contribution in [2.24, 2.45) is 5.92 Å². The van der Waals surface area contributed by atoms with Crippen LogP contribution in [0.1, 0.15) is 59.3 Å². The summed E-state index contributed by atoms with van der Waals surface area (Å²) in [4.78, 5) is 36.3. The van der Waals surface area contributed by atoms with Crippen LogP contribution in [0, 0.1) is 5.92 Å². The monoisotopic (exact) mass is 342 g/mol. The summed E-state index contributed by atoms with van der Waals surface area (Å²) in [5, 5.41) is 9.56. The molecule has 0 spiro atoms. The standard InChI is InChI=1S/C17H27NO6/c1-17(2,3)24-16(22)18(15(20)21)10-9-13(11-18)23-14(19)12-7-5-4-6-8-12/h12-13H,4-11H2,1-3H3/p+1/t13-,18?/m1/s1. The van der Waals surface area contributed by atoms with Crippen LogP contribution in [0.25, 0.3) is 0 Å². The highest BCUT2D eigenvalue weighted by atomic mass is 16.6. The Labute approximate surface area is 142 Å². The molecule has 1 saturated heterocycles. The van der Waals surface area contributed by atoms with E-state index in [-0.39, 0.29) is 25.0 Å². The SMILES string of the molecule is CC(C)(C)OC(=O)[N+]1(C(=O)O)CC[C@@H](OC(=O)C2CCCCC2)C1. The first-order chi connectivity index (χ1) is 11.1. The lowest BCUT2D eigenvalue weighted by Crippen LogP contribution is -2.57. The second-order valence-corrected chi connectivity index (χ2v) is 7.82. The number of carboxylic acid groups (broad SMARTS) is 1. The number of carbonyl (C=O) groups excluding carboxylic acids is 2. The van der Waals surface area contributed by atoms with Crippen molar-refractivity contribution >= 4 is 18.2 Å². The van der Waals surface area contributed by atoms with Crippen LogP contribution >= 0.6 is 0 Å². The predicted octanol–water partition coefficient (Wildman–Crippen LogP) is 3.31. The normalized spacial score (nSPS) is 28.4. The van der Waals surface area contributed by atoms with E-state index in [9.17, 15) is 19.5 Å². The number of nitrogens with zero attached hydrogens (tertiary/aromatic N) is 1. The van der Waals surface area contributed by atoms with E-state index >= 15 is 0 Å². The lowest BCUT2D eigenvalue weighted by atomic mass is 9.89. The molecule has 1 saturated carbocycles. The summed E-state index contributed by atoms with van der Waals surface area (Å²) in [6, 6.07) is 0. The Bertz CT molecular complexity index is 506. The third-order valence-corrected chi connectivity index (χ3v) is 4.68. The van der Waals surface area contributed by atoms with Crippen molar-refractivity contribution in [3.05, 3.63) is 0 Å². The number of hydrogen-bond donors (Lipinski definition) is 1. The van der Waals surface area contributed by atoms with Crippen molar-refractivity contribution in [3.63, 3.8) is 0 Å². The maximum Gasteiger partial charge on any atom is 0.527 e. The summed E-state index contributed by atoms with van der Waals surface area (Å²) in [6.45, 7) is 5.09. The van der Waals surface area contributed by atoms with Gasteiger partial charge in [-0.1, -0.05) is 19.3 Å². The lowest BCUT2D eigenvalue weighted by molar-refractivity contribution is -0.774. The third-order valence-electron chi connectivity index (χ3n) is 4.68. The number of amides is 2. The molecule has 24 heavy (non-hydrogen) atoms. The van der Waals surface area contributed by atoms with Crippen LogP contribution in [0.3, 0.4) is 0 Å². The number of hydrogen-bond acceptors (Lipinski definition) is 5. The topological polar surface area (TPSA) is 89.9 Å². The fourth-order valence-corrected chi connectivity index (χ4v) is 3.36. The first-order valence-corrected chi connectivity index (χ1v) is 8.69. The van der Waals surface area contributed by atoms with Crippen molar-refractivity contribution in [1.82, 2.24) is 0 Å². The molecule has 2 rings (SSSR count). The average Bonchev–Trinajstić information content (AvgIpc) is 2.92. The first-order valence-electron chi connectivity index (χ1n) is 8.69. The highest BCUT2D eigenvalue weighted by Crippen LogP contribution is 2.29. The van der Waals surface area contributed by atoms with Gasteiger partial charge in [-0.15, -0.1) is 4.48 Å². The molecule has 1 heterocycles. The van der Waals surface area contributed by atoms with Crippen LogP contribution < -0.4 is 0 Å². The van der Waals surface area contributed by atoms with Crippen molar-refractivity contribution in [2.45, 2.75) is 71.0 Å². The Hall–Kier alpha value is -1.63. The second kappa shape index (κ2) is 7.09. The fraction of sp³-hybridized carbons (Fsp3) is 0.824. The zero-order chi connectivity index (χ0) is 18.0. The van der Waals surface area contributed by atoms with Gasteiger partial charge in [-0.05, 0) is 33.6 Å². The summed E-state index contributed by atoms with van der Waals surface area (Å²) in [5.74, 6) is -0.345. The molecule has 7 nitrogen and oxygen atoms in total. The minimum atomic E-state index is -1.26. The summed E-state index contributed by atoms with van der Waals surface area (Å²) in [7, 11) is 0. The summed E-state index contributed by atoms with van der Waals surface area (Å²) in [6.07, 6.45) is 2.59. The Morgan fingerprint density at radius 2 is 1.67 bits per heavy atom. The molecule has 2 amide bonds. The number of quaternary nitrogens is 1. The predicted molar refractivity (Wildman–Crippen MR) is 85.3 cm³/mol. The van der Waals surface area contributed by atoms with Crippen LogP contribution in [0.2, 0.25) is 0 Å². The van der Waals surface area contributed by atoms with E-state index in [1.807, 2.05) is 0 Å². The molecule has 2 aliphatic rings. The molecule has 7 heteroatoms. The van der Waals surface area contributed by atoms with Gasteiger partial charge in [0.25, 0.3) is 0 Å². The Balaban J connectivity index is 2.00. The van der Waals surface area contributed by atoms with Gasteiger partial charge in [0.15, 0.2) is 6.10 Å². The lowest BCUT2D eigenvalue weighted by Gasteiger charge is -2.28. The molecule has 2 fully saturated rings. The van der Waals surface area contributed by atoms with E-state index in [0.29, 0.717) is 6.42 Å². The largest absolute Gasteiger partial charge is 0.527 e. The van der Waals surface area contributed by atoms with Crippen LogP contribution in [-0.2, 0) is 14.3 Å². The highest BCUT2D eigenvalue weighted by Gasteiger charge is 2.55. The van der Waals surface area contributed by atoms with Crippen molar-refractivity contribution in [2.75, 3.05) is 13.1 Å². The van der Waals surface area contributed by atoms with Gasteiger partial charge in [0.1, 0.15) is 18.7 Å².